The normalized spacial score (nSPS) is 10.4. The number of nitro groups is 1. The van der Waals surface area contributed by atoms with E-state index in [9.17, 15) is 14.9 Å². The summed E-state index contributed by atoms with van der Waals surface area (Å²) in [4.78, 5) is 21.5. The van der Waals surface area contributed by atoms with Crippen LogP contribution in [-0.2, 0) is 0 Å². The van der Waals surface area contributed by atoms with Gasteiger partial charge in [0.2, 0.25) is 0 Å². The fourth-order valence-electron chi connectivity index (χ4n) is 2.15. The van der Waals surface area contributed by atoms with Crippen LogP contribution in [0, 0.1) is 24.0 Å². The lowest BCUT2D eigenvalue weighted by Crippen LogP contribution is -2.03. The van der Waals surface area contributed by atoms with Crippen LogP contribution < -0.4 is 4.74 Å². The van der Waals surface area contributed by atoms with Crippen molar-refractivity contribution in [1.29, 1.82) is 0 Å². The Morgan fingerprint density at radius 1 is 1.43 bits per heavy atom. The molecule has 21 heavy (non-hydrogen) atoms. The highest BCUT2D eigenvalue weighted by Gasteiger charge is 2.21. The Morgan fingerprint density at radius 3 is 2.57 bits per heavy atom. The summed E-state index contributed by atoms with van der Waals surface area (Å²) in [5.41, 5.74) is 1.26. The smallest absolute Gasteiger partial charge is 0.339 e. The van der Waals surface area contributed by atoms with E-state index in [0.29, 0.717) is 17.1 Å². The number of ether oxygens (including phenoxy) is 1. The molecule has 2 rings (SSSR count). The molecule has 0 aliphatic rings. The number of aromatic nitrogens is 2. The summed E-state index contributed by atoms with van der Waals surface area (Å²) < 4.78 is 6.42. The van der Waals surface area contributed by atoms with Crippen LogP contribution in [0.2, 0.25) is 0 Å². The van der Waals surface area contributed by atoms with Crippen LogP contribution in [0.3, 0.4) is 0 Å². The Balaban J connectivity index is 2.61. The van der Waals surface area contributed by atoms with E-state index in [-0.39, 0.29) is 17.0 Å². The summed E-state index contributed by atoms with van der Waals surface area (Å²) in [7, 11) is 1.33. The molecule has 8 heteroatoms. The summed E-state index contributed by atoms with van der Waals surface area (Å²) in [5, 5.41) is 24.2. The Kier molecular flexibility index (Phi) is 3.62. The van der Waals surface area contributed by atoms with Crippen molar-refractivity contribution in [3.8, 4) is 11.4 Å². The third-order valence-corrected chi connectivity index (χ3v) is 3.11. The van der Waals surface area contributed by atoms with Crippen LogP contribution >= 0.6 is 0 Å². The monoisotopic (exact) mass is 291 g/mol. The molecule has 110 valence electrons. The van der Waals surface area contributed by atoms with E-state index < -0.39 is 10.9 Å². The van der Waals surface area contributed by atoms with Gasteiger partial charge in [-0.25, -0.2) is 9.48 Å². The number of hydrogen-bond donors (Lipinski definition) is 1. The van der Waals surface area contributed by atoms with Gasteiger partial charge in [-0.2, -0.15) is 5.10 Å². The molecule has 0 fully saturated rings. The predicted octanol–water partition coefficient (Wildman–Crippen LogP) is 2.10. The summed E-state index contributed by atoms with van der Waals surface area (Å²) in [6.07, 6.45) is 0. The van der Waals surface area contributed by atoms with Gasteiger partial charge in [0.15, 0.2) is 5.75 Å². The van der Waals surface area contributed by atoms with Crippen LogP contribution in [0.25, 0.3) is 5.69 Å². The molecule has 1 N–H and O–H groups in total. The predicted molar refractivity (Wildman–Crippen MR) is 73.2 cm³/mol. The Labute approximate surface area is 119 Å². The molecule has 0 aliphatic carbocycles. The van der Waals surface area contributed by atoms with E-state index in [1.54, 1.807) is 13.8 Å². The first-order valence-corrected chi connectivity index (χ1v) is 5.99. The second-order valence-electron chi connectivity index (χ2n) is 4.38. The molecule has 0 unspecified atom stereocenters. The van der Waals surface area contributed by atoms with Gasteiger partial charge in [-0.1, -0.05) is 0 Å². The Bertz CT molecular complexity index is 736. The minimum absolute atomic E-state index is 0.0851. The van der Waals surface area contributed by atoms with Gasteiger partial charge < -0.3 is 9.84 Å². The van der Waals surface area contributed by atoms with E-state index in [0.717, 1.165) is 0 Å². The van der Waals surface area contributed by atoms with Gasteiger partial charge in [0.05, 0.1) is 29.1 Å². The van der Waals surface area contributed by atoms with Crippen LogP contribution in [-0.4, -0.2) is 32.9 Å². The van der Waals surface area contributed by atoms with Crippen molar-refractivity contribution in [3.63, 3.8) is 0 Å². The van der Waals surface area contributed by atoms with E-state index >= 15 is 0 Å². The molecule has 0 bridgehead atoms. The van der Waals surface area contributed by atoms with Crippen LogP contribution in [0.1, 0.15) is 21.7 Å². The van der Waals surface area contributed by atoms with Crippen molar-refractivity contribution >= 4 is 11.7 Å². The molecule has 1 heterocycles. The lowest BCUT2D eigenvalue weighted by atomic mass is 10.2. The number of rotatable bonds is 4. The van der Waals surface area contributed by atoms with Crippen molar-refractivity contribution in [1.82, 2.24) is 9.78 Å². The lowest BCUT2D eigenvalue weighted by Gasteiger charge is -2.07. The second kappa shape index (κ2) is 5.23. The highest BCUT2D eigenvalue weighted by atomic mass is 16.6. The number of benzene rings is 1. The fourth-order valence-corrected chi connectivity index (χ4v) is 2.15. The largest absolute Gasteiger partial charge is 0.490 e. The van der Waals surface area contributed by atoms with Gasteiger partial charge in [0, 0.05) is 12.1 Å². The lowest BCUT2D eigenvalue weighted by molar-refractivity contribution is -0.385. The highest BCUT2D eigenvalue weighted by Crippen LogP contribution is 2.30. The van der Waals surface area contributed by atoms with Gasteiger partial charge >= 0.3 is 11.7 Å². The van der Waals surface area contributed by atoms with Gasteiger partial charge in [-0.3, -0.25) is 10.1 Å². The third-order valence-electron chi connectivity index (χ3n) is 3.11. The zero-order valence-corrected chi connectivity index (χ0v) is 11.7. The van der Waals surface area contributed by atoms with E-state index in [1.807, 2.05) is 0 Å². The zero-order chi connectivity index (χ0) is 15.7. The highest BCUT2D eigenvalue weighted by molar-refractivity contribution is 5.90. The van der Waals surface area contributed by atoms with Crippen molar-refractivity contribution < 1.29 is 19.6 Å². The van der Waals surface area contributed by atoms with Crippen molar-refractivity contribution in [2.24, 2.45) is 0 Å². The van der Waals surface area contributed by atoms with Gasteiger partial charge in [-0.15, -0.1) is 0 Å². The van der Waals surface area contributed by atoms with Crippen LogP contribution in [0.4, 0.5) is 5.69 Å². The molecular formula is C13H13N3O5. The number of carboxylic acid groups (broad SMARTS) is 1. The van der Waals surface area contributed by atoms with Crippen molar-refractivity contribution in [3.05, 3.63) is 45.3 Å². The van der Waals surface area contributed by atoms with Crippen molar-refractivity contribution in [2.75, 3.05) is 7.11 Å². The number of hydrogen-bond acceptors (Lipinski definition) is 5. The minimum atomic E-state index is -1.06. The number of nitrogens with zero attached hydrogens (tertiary/aromatic N) is 3. The van der Waals surface area contributed by atoms with E-state index in [1.165, 1.54) is 30.0 Å². The first-order chi connectivity index (χ1) is 9.86. The molecule has 0 atom stereocenters. The molecule has 0 radical (unpaired) electrons. The number of carbonyl (C=O) groups is 1. The topological polar surface area (TPSA) is 107 Å². The zero-order valence-electron chi connectivity index (χ0n) is 11.7. The SMILES string of the molecule is COc1cc(-n2nc(C)c(C(=O)O)c2C)ccc1[N+](=O)[O-]. The molecule has 1 aromatic heterocycles. The molecular weight excluding hydrogens is 278 g/mol. The number of aromatic carboxylic acids is 1. The molecule has 0 aliphatic heterocycles. The molecule has 1 aromatic carbocycles. The number of carboxylic acids is 1. The van der Waals surface area contributed by atoms with Gasteiger partial charge in [-0.05, 0) is 19.9 Å². The Morgan fingerprint density at radius 2 is 2.10 bits per heavy atom. The molecule has 0 spiro atoms. The maximum Gasteiger partial charge on any atom is 0.339 e. The number of methoxy groups -OCH3 is 1. The second-order valence-corrected chi connectivity index (χ2v) is 4.38. The van der Waals surface area contributed by atoms with Crippen molar-refractivity contribution in [2.45, 2.75) is 13.8 Å². The van der Waals surface area contributed by atoms with Crippen LogP contribution in [0.5, 0.6) is 5.75 Å². The summed E-state index contributed by atoms with van der Waals surface area (Å²) >= 11 is 0. The average Bonchev–Trinajstić information content (AvgIpc) is 2.73. The molecule has 0 saturated carbocycles. The van der Waals surface area contributed by atoms with Gasteiger partial charge in [0.25, 0.3) is 0 Å². The fraction of sp³-hybridized carbons (Fsp3) is 0.231. The molecule has 0 saturated heterocycles. The maximum absolute atomic E-state index is 11.2. The quantitative estimate of drug-likeness (QED) is 0.682. The number of nitro benzene ring substituents is 1. The molecule has 8 nitrogen and oxygen atoms in total. The minimum Gasteiger partial charge on any atom is -0.490 e. The molecule has 0 amide bonds. The maximum atomic E-state index is 11.2. The molecule has 2 aromatic rings. The first kappa shape index (κ1) is 14.5. The number of aryl methyl sites for hydroxylation is 1. The Hall–Kier alpha value is -2.90. The van der Waals surface area contributed by atoms with E-state index in [2.05, 4.69) is 5.10 Å². The van der Waals surface area contributed by atoms with Gasteiger partial charge in [0.1, 0.15) is 5.56 Å². The summed E-state index contributed by atoms with van der Waals surface area (Å²) in [6, 6.07) is 4.24. The summed E-state index contributed by atoms with van der Waals surface area (Å²) in [5.74, 6) is -0.980. The van der Waals surface area contributed by atoms with E-state index in [4.69, 9.17) is 9.84 Å². The standard InChI is InChI=1S/C13H13N3O5/c1-7-12(13(17)18)8(2)15(14-7)9-4-5-10(16(19)20)11(6-9)21-3/h4-6H,1-3H3,(H,17,18). The average molecular weight is 291 g/mol. The summed E-state index contributed by atoms with van der Waals surface area (Å²) in [6.45, 7) is 3.22. The van der Waals surface area contributed by atoms with Crippen LogP contribution in [0.15, 0.2) is 18.2 Å². The third kappa shape index (κ3) is 2.42. The first-order valence-electron chi connectivity index (χ1n) is 5.99.